The van der Waals surface area contributed by atoms with Gasteiger partial charge in [0.15, 0.2) is 0 Å². The number of rotatable bonds is 4. The summed E-state index contributed by atoms with van der Waals surface area (Å²) in [6.07, 6.45) is 6.16. The van der Waals surface area contributed by atoms with E-state index in [-0.39, 0.29) is 17.9 Å². The Balaban J connectivity index is 1.38. The molecule has 2 atom stereocenters. The Hall–Kier alpha value is -1.48. The number of hydrogen-bond acceptors (Lipinski definition) is 5. The van der Waals surface area contributed by atoms with Crippen molar-refractivity contribution in [3.05, 3.63) is 30.3 Å². The van der Waals surface area contributed by atoms with E-state index in [1.165, 1.54) is 12.8 Å². The minimum Gasteiger partial charge on any atom is -0.342 e. The standard InChI is InChI=1S/C21H32N4O3S/c26-21(24-12-6-1-2-7-13-24)19-16-22-23-20(19)17-10-14-25(15-11-17)29(27,28)18-8-4-3-5-9-18/h3-5,8-9,17,19-20,22-23H,1-2,6-7,10-16H2. The van der Waals surface area contributed by atoms with Crippen molar-refractivity contribution in [2.45, 2.75) is 49.5 Å². The minimum absolute atomic E-state index is 0.0598. The number of nitrogens with zero attached hydrogens (tertiary/aromatic N) is 2. The van der Waals surface area contributed by atoms with Gasteiger partial charge in [-0.3, -0.25) is 15.6 Å². The summed E-state index contributed by atoms with van der Waals surface area (Å²) in [6, 6.07) is 8.72. The van der Waals surface area contributed by atoms with Crippen LogP contribution < -0.4 is 10.9 Å². The van der Waals surface area contributed by atoms with E-state index in [2.05, 4.69) is 10.9 Å². The average molecular weight is 421 g/mol. The highest BCUT2D eigenvalue weighted by Crippen LogP contribution is 2.30. The molecule has 2 N–H and O–H groups in total. The molecule has 2 unspecified atom stereocenters. The van der Waals surface area contributed by atoms with Crippen LogP contribution in [0.3, 0.4) is 0 Å². The largest absolute Gasteiger partial charge is 0.342 e. The molecule has 0 aliphatic carbocycles. The van der Waals surface area contributed by atoms with Crippen molar-refractivity contribution in [2.24, 2.45) is 11.8 Å². The van der Waals surface area contributed by atoms with Crippen LogP contribution in [-0.2, 0) is 14.8 Å². The summed E-state index contributed by atoms with van der Waals surface area (Å²) in [7, 11) is -3.44. The van der Waals surface area contributed by atoms with E-state index in [0.29, 0.717) is 30.4 Å². The molecule has 7 nitrogen and oxygen atoms in total. The van der Waals surface area contributed by atoms with E-state index in [0.717, 1.165) is 38.8 Å². The van der Waals surface area contributed by atoms with Crippen molar-refractivity contribution in [3.63, 3.8) is 0 Å². The number of nitrogens with one attached hydrogen (secondary N) is 2. The average Bonchev–Trinajstić information content (AvgIpc) is 3.09. The van der Waals surface area contributed by atoms with Crippen LogP contribution in [0.15, 0.2) is 35.2 Å². The van der Waals surface area contributed by atoms with Crippen molar-refractivity contribution in [2.75, 3.05) is 32.7 Å². The number of hydrazine groups is 1. The van der Waals surface area contributed by atoms with Crippen LogP contribution in [0.2, 0.25) is 0 Å². The fourth-order valence-corrected chi connectivity index (χ4v) is 6.43. The summed E-state index contributed by atoms with van der Waals surface area (Å²) in [6.45, 7) is 3.41. The number of carbonyl (C=O) groups excluding carboxylic acids is 1. The van der Waals surface area contributed by atoms with Crippen molar-refractivity contribution < 1.29 is 13.2 Å². The SMILES string of the molecule is O=C(C1CNNC1C1CCN(S(=O)(=O)c2ccccc2)CC1)N1CCCCCC1. The topological polar surface area (TPSA) is 81.8 Å². The van der Waals surface area contributed by atoms with Gasteiger partial charge in [-0.15, -0.1) is 0 Å². The van der Waals surface area contributed by atoms with Gasteiger partial charge in [0.2, 0.25) is 15.9 Å². The first-order valence-electron chi connectivity index (χ1n) is 10.9. The highest BCUT2D eigenvalue weighted by atomic mass is 32.2. The maximum atomic E-state index is 13.2. The molecular weight excluding hydrogens is 388 g/mol. The summed E-state index contributed by atoms with van der Waals surface area (Å²) in [5.41, 5.74) is 6.53. The molecule has 160 valence electrons. The normalized spacial score (nSPS) is 27.7. The Morgan fingerprint density at radius 3 is 2.24 bits per heavy atom. The van der Waals surface area contributed by atoms with Gasteiger partial charge in [0.05, 0.1) is 10.8 Å². The van der Waals surface area contributed by atoms with Crippen LogP contribution in [-0.4, -0.2) is 62.3 Å². The summed E-state index contributed by atoms with van der Waals surface area (Å²) < 4.78 is 27.3. The molecule has 0 bridgehead atoms. The molecule has 0 spiro atoms. The van der Waals surface area contributed by atoms with Crippen LogP contribution >= 0.6 is 0 Å². The first kappa shape index (κ1) is 20.8. The number of hydrogen-bond donors (Lipinski definition) is 2. The molecule has 3 saturated heterocycles. The van der Waals surface area contributed by atoms with Gasteiger partial charge in [0.1, 0.15) is 0 Å². The lowest BCUT2D eigenvalue weighted by atomic mass is 9.83. The van der Waals surface area contributed by atoms with Gasteiger partial charge >= 0.3 is 0 Å². The smallest absolute Gasteiger partial charge is 0.243 e. The van der Waals surface area contributed by atoms with E-state index in [1.807, 2.05) is 11.0 Å². The van der Waals surface area contributed by atoms with Gasteiger partial charge in [-0.1, -0.05) is 31.0 Å². The highest BCUT2D eigenvalue weighted by Gasteiger charge is 2.42. The van der Waals surface area contributed by atoms with Crippen molar-refractivity contribution in [1.29, 1.82) is 0 Å². The molecule has 3 aliphatic rings. The Kier molecular flexibility index (Phi) is 6.53. The van der Waals surface area contributed by atoms with Crippen molar-refractivity contribution in [1.82, 2.24) is 20.1 Å². The molecule has 1 aromatic rings. The van der Waals surface area contributed by atoms with Crippen LogP contribution in [0.1, 0.15) is 38.5 Å². The Morgan fingerprint density at radius 2 is 1.59 bits per heavy atom. The molecule has 0 aromatic heterocycles. The Bertz CT molecular complexity index is 785. The molecule has 0 saturated carbocycles. The number of piperidine rings is 1. The van der Waals surface area contributed by atoms with Crippen LogP contribution in [0.25, 0.3) is 0 Å². The number of sulfonamides is 1. The van der Waals surface area contributed by atoms with E-state index in [9.17, 15) is 13.2 Å². The molecule has 3 aliphatic heterocycles. The Morgan fingerprint density at radius 1 is 0.931 bits per heavy atom. The fourth-order valence-electron chi connectivity index (χ4n) is 4.94. The van der Waals surface area contributed by atoms with Crippen molar-refractivity contribution in [3.8, 4) is 0 Å². The summed E-state index contributed by atoms with van der Waals surface area (Å²) in [5, 5.41) is 0. The number of carbonyl (C=O) groups is 1. The summed E-state index contributed by atoms with van der Waals surface area (Å²) in [4.78, 5) is 15.6. The van der Waals surface area contributed by atoms with Crippen LogP contribution in [0.4, 0.5) is 0 Å². The first-order valence-corrected chi connectivity index (χ1v) is 12.3. The van der Waals surface area contributed by atoms with Gasteiger partial charge in [-0.25, -0.2) is 8.42 Å². The molecule has 8 heteroatoms. The second kappa shape index (κ2) is 9.12. The maximum Gasteiger partial charge on any atom is 0.243 e. The second-order valence-electron chi connectivity index (χ2n) is 8.45. The summed E-state index contributed by atoms with van der Waals surface area (Å²) in [5.74, 6) is 0.497. The maximum absolute atomic E-state index is 13.2. The zero-order chi connectivity index (χ0) is 20.3. The molecule has 29 heavy (non-hydrogen) atoms. The zero-order valence-corrected chi connectivity index (χ0v) is 17.7. The van der Waals surface area contributed by atoms with Crippen molar-refractivity contribution >= 4 is 15.9 Å². The van der Waals surface area contributed by atoms with E-state index >= 15 is 0 Å². The predicted molar refractivity (Wildman–Crippen MR) is 111 cm³/mol. The van der Waals surface area contributed by atoms with Gasteiger partial charge in [-0.05, 0) is 43.7 Å². The third-order valence-electron chi connectivity index (χ3n) is 6.65. The molecule has 3 heterocycles. The van der Waals surface area contributed by atoms with Crippen LogP contribution in [0.5, 0.6) is 0 Å². The molecule has 1 amide bonds. The predicted octanol–water partition coefficient (Wildman–Crippen LogP) is 1.58. The van der Waals surface area contributed by atoms with Gasteiger partial charge < -0.3 is 4.90 Å². The lowest BCUT2D eigenvalue weighted by molar-refractivity contribution is -0.135. The molecule has 3 fully saturated rings. The van der Waals surface area contributed by atoms with Gasteiger partial charge in [-0.2, -0.15) is 4.31 Å². The molecular formula is C21H32N4O3S. The van der Waals surface area contributed by atoms with Gasteiger partial charge in [0, 0.05) is 38.8 Å². The number of likely N-dealkylation sites (tertiary alicyclic amines) is 1. The summed E-state index contributed by atoms with van der Waals surface area (Å²) >= 11 is 0. The Labute approximate surface area is 173 Å². The molecule has 1 aromatic carbocycles. The third kappa shape index (κ3) is 4.50. The lowest BCUT2D eigenvalue weighted by Gasteiger charge is -2.36. The van der Waals surface area contributed by atoms with E-state index in [1.54, 1.807) is 28.6 Å². The first-order chi connectivity index (χ1) is 14.1. The number of amides is 1. The monoisotopic (exact) mass is 420 g/mol. The fraction of sp³-hybridized carbons (Fsp3) is 0.667. The quantitative estimate of drug-likeness (QED) is 0.773. The van der Waals surface area contributed by atoms with Crippen LogP contribution in [0, 0.1) is 11.8 Å². The zero-order valence-electron chi connectivity index (χ0n) is 16.9. The third-order valence-corrected chi connectivity index (χ3v) is 8.56. The molecule has 0 radical (unpaired) electrons. The second-order valence-corrected chi connectivity index (χ2v) is 10.4. The lowest BCUT2D eigenvalue weighted by Crippen LogP contribution is -2.49. The highest BCUT2D eigenvalue weighted by molar-refractivity contribution is 7.89. The van der Waals surface area contributed by atoms with Gasteiger partial charge in [0.25, 0.3) is 0 Å². The van der Waals surface area contributed by atoms with E-state index in [4.69, 9.17) is 0 Å². The van der Waals surface area contributed by atoms with E-state index < -0.39 is 10.0 Å². The molecule has 4 rings (SSSR count). The minimum atomic E-state index is -3.44. The number of benzene rings is 1.